The highest BCUT2D eigenvalue weighted by Crippen LogP contribution is 2.38. The van der Waals surface area contributed by atoms with Crippen molar-refractivity contribution in [1.82, 2.24) is 4.90 Å². The Morgan fingerprint density at radius 3 is 2.62 bits per heavy atom. The molecule has 1 saturated carbocycles. The van der Waals surface area contributed by atoms with Crippen LogP contribution in [0.2, 0.25) is 0 Å². The fourth-order valence-electron chi connectivity index (χ4n) is 3.36. The smallest absolute Gasteiger partial charge is 0.305 e. The standard InChI is InChI=1S/C20H26N2O4/c1-21(2)12-6-9-17-13-18(15-7-4-5-8-15)16(10-11-20(23)26-3)14-19(17)22(24)25/h13-15H,4-5,7-8,10-12H2,1-3H3. The minimum Gasteiger partial charge on any atom is -0.469 e. The monoisotopic (exact) mass is 358 g/mol. The fraction of sp³-hybridized carbons (Fsp3) is 0.550. The molecule has 0 saturated heterocycles. The lowest BCUT2D eigenvalue weighted by Crippen LogP contribution is -2.11. The number of carbonyl (C=O) groups excluding carboxylic acids is 1. The summed E-state index contributed by atoms with van der Waals surface area (Å²) in [5, 5.41) is 11.5. The number of benzene rings is 1. The number of hydrogen-bond donors (Lipinski definition) is 0. The molecule has 0 N–H and O–H groups in total. The van der Waals surface area contributed by atoms with Crippen molar-refractivity contribution in [3.8, 4) is 11.8 Å². The van der Waals surface area contributed by atoms with Gasteiger partial charge in [0.05, 0.1) is 18.6 Å². The summed E-state index contributed by atoms with van der Waals surface area (Å²) >= 11 is 0. The summed E-state index contributed by atoms with van der Waals surface area (Å²) < 4.78 is 4.71. The summed E-state index contributed by atoms with van der Waals surface area (Å²) in [5.74, 6) is 6.04. The number of rotatable bonds is 6. The largest absolute Gasteiger partial charge is 0.469 e. The van der Waals surface area contributed by atoms with Crippen molar-refractivity contribution in [3.05, 3.63) is 38.9 Å². The zero-order valence-electron chi connectivity index (χ0n) is 15.7. The number of methoxy groups -OCH3 is 1. The number of nitro groups is 1. The third-order valence-corrected chi connectivity index (χ3v) is 4.69. The van der Waals surface area contributed by atoms with Crippen molar-refractivity contribution in [3.63, 3.8) is 0 Å². The van der Waals surface area contributed by atoms with E-state index in [9.17, 15) is 14.9 Å². The Morgan fingerprint density at radius 2 is 2.04 bits per heavy atom. The summed E-state index contributed by atoms with van der Waals surface area (Å²) in [4.78, 5) is 24.6. The molecule has 1 aromatic carbocycles. The fourth-order valence-corrected chi connectivity index (χ4v) is 3.36. The van der Waals surface area contributed by atoms with E-state index in [0.29, 0.717) is 24.4 Å². The third-order valence-electron chi connectivity index (χ3n) is 4.69. The number of hydrogen-bond acceptors (Lipinski definition) is 5. The van der Waals surface area contributed by atoms with E-state index in [-0.39, 0.29) is 23.0 Å². The van der Waals surface area contributed by atoms with Gasteiger partial charge in [0.15, 0.2) is 0 Å². The van der Waals surface area contributed by atoms with Crippen LogP contribution in [0.1, 0.15) is 54.7 Å². The first-order valence-corrected chi connectivity index (χ1v) is 8.94. The Kier molecular flexibility index (Phi) is 7.16. The Balaban J connectivity index is 2.44. The average molecular weight is 358 g/mol. The van der Waals surface area contributed by atoms with Gasteiger partial charge in [0.25, 0.3) is 5.69 Å². The Bertz CT molecular complexity index is 725. The molecule has 1 fully saturated rings. The molecule has 1 aliphatic rings. The maximum Gasteiger partial charge on any atom is 0.305 e. The first-order valence-electron chi connectivity index (χ1n) is 8.94. The molecule has 0 aliphatic heterocycles. The summed E-state index contributed by atoms with van der Waals surface area (Å²) in [6.45, 7) is 0.542. The second-order valence-electron chi connectivity index (χ2n) is 6.92. The van der Waals surface area contributed by atoms with Gasteiger partial charge in [-0.25, -0.2) is 0 Å². The SMILES string of the molecule is COC(=O)CCc1cc([N+](=O)[O-])c(C#CCN(C)C)cc1C1CCCC1. The van der Waals surface area contributed by atoms with E-state index in [4.69, 9.17) is 4.74 Å². The van der Waals surface area contributed by atoms with Gasteiger partial charge < -0.3 is 4.74 Å². The molecule has 1 aromatic rings. The van der Waals surface area contributed by atoms with Crippen molar-refractivity contribution < 1.29 is 14.5 Å². The maximum atomic E-state index is 11.5. The summed E-state index contributed by atoms with van der Waals surface area (Å²) in [6, 6.07) is 3.49. The van der Waals surface area contributed by atoms with Crippen LogP contribution in [0.15, 0.2) is 12.1 Å². The number of ether oxygens (including phenoxy) is 1. The molecule has 6 heteroatoms. The Morgan fingerprint density at radius 1 is 1.35 bits per heavy atom. The normalized spacial score (nSPS) is 14.2. The van der Waals surface area contributed by atoms with Crippen molar-refractivity contribution in [2.45, 2.75) is 44.4 Å². The molecule has 140 valence electrons. The highest BCUT2D eigenvalue weighted by atomic mass is 16.6. The molecule has 0 unspecified atom stereocenters. The van der Waals surface area contributed by atoms with Crippen LogP contribution < -0.4 is 0 Å². The van der Waals surface area contributed by atoms with Crippen LogP contribution in [0.5, 0.6) is 0 Å². The average Bonchev–Trinajstić information content (AvgIpc) is 3.13. The third kappa shape index (κ3) is 5.30. The van der Waals surface area contributed by atoms with Crippen molar-refractivity contribution >= 4 is 11.7 Å². The van der Waals surface area contributed by atoms with E-state index >= 15 is 0 Å². The molecule has 2 rings (SSSR count). The van der Waals surface area contributed by atoms with Gasteiger partial charge in [0, 0.05) is 12.5 Å². The number of esters is 1. The summed E-state index contributed by atoms with van der Waals surface area (Å²) in [5.41, 5.74) is 2.44. The van der Waals surface area contributed by atoms with E-state index < -0.39 is 0 Å². The van der Waals surface area contributed by atoms with E-state index in [1.54, 1.807) is 6.07 Å². The molecule has 0 heterocycles. The molecule has 0 amide bonds. The second kappa shape index (κ2) is 9.35. The minimum atomic E-state index is -0.389. The van der Waals surface area contributed by atoms with E-state index in [1.165, 1.54) is 20.0 Å². The highest BCUT2D eigenvalue weighted by molar-refractivity contribution is 5.69. The summed E-state index contributed by atoms with van der Waals surface area (Å²) in [6.07, 6.45) is 5.16. The van der Waals surface area contributed by atoms with Gasteiger partial charge >= 0.3 is 5.97 Å². The molecular formula is C20H26N2O4. The predicted octanol–water partition coefficient (Wildman–Crippen LogP) is 3.27. The maximum absolute atomic E-state index is 11.5. The van der Waals surface area contributed by atoms with Crippen LogP contribution in [0.25, 0.3) is 0 Å². The molecule has 6 nitrogen and oxygen atoms in total. The zero-order valence-corrected chi connectivity index (χ0v) is 15.7. The Hall–Kier alpha value is -2.39. The van der Waals surface area contributed by atoms with Gasteiger partial charge in [-0.05, 0) is 56.5 Å². The van der Waals surface area contributed by atoms with Gasteiger partial charge in [-0.2, -0.15) is 0 Å². The van der Waals surface area contributed by atoms with Gasteiger partial charge in [0.1, 0.15) is 5.56 Å². The number of aryl methyl sites for hydroxylation is 1. The molecular weight excluding hydrogens is 332 g/mol. The van der Waals surface area contributed by atoms with E-state index in [2.05, 4.69) is 11.8 Å². The highest BCUT2D eigenvalue weighted by Gasteiger charge is 2.24. The first kappa shape index (κ1) is 19.9. The van der Waals surface area contributed by atoms with Crippen LogP contribution in [0.3, 0.4) is 0 Å². The number of nitro benzene ring substituents is 1. The summed E-state index contributed by atoms with van der Waals surface area (Å²) in [7, 11) is 5.16. The quantitative estimate of drug-likeness (QED) is 0.338. The lowest BCUT2D eigenvalue weighted by molar-refractivity contribution is -0.385. The molecule has 0 atom stereocenters. The van der Waals surface area contributed by atoms with Crippen molar-refractivity contribution in [1.29, 1.82) is 0 Å². The lowest BCUT2D eigenvalue weighted by Gasteiger charge is -2.16. The van der Waals surface area contributed by atoms with E-state index in [0.717, 1.165) is 24.0 Å². The topological polar surface area (TPSA) is 72.7 Å². The lowest BCUT2D eigenvalue weighted by atomic mass is 9.88. The van der Waals surface area contributed by atoms with Gasteiger partial charge in [-0.1, -0.05) is 24.7 Å². The first-order chi connectivity index (χ1) is 12.4. The van der Waals surface area contributed by atoms with Crippen LogP contribution in [-0.4, -0.2) is 43.5 Å². The minimum absolute atomic E-state index is 0.0119. The zero-order chi connectivity index (χ0) is 19.1. The molecule has 0 aromatic heterocycles. The molecule has 1 aliphatic carbocycles. The van der Waals surface area contributed by atoms with E-state index in [1.807, 2.05) is 25.1 Å². The van der Waals surface area contributed by atoms with Crippen LogP contribution in [-0.2, 0) is 16.0 Å². The predicted molar refractivity (Wildman–Crippen MR) is 100 cm³/mol. The molecule has 0 spiro atoms. The van der Waals surface area contributed by atoms with Gasteiger partial charge in [0.2, 0.25) is 0 Å². The Labute approximate surface area is 154 Å². The molecule has 0 radical (unpaired) electrons. The van der Waals surface area contributed by atoms with Crippen LogP contribution in [0.4, 0.5) is 5.69 Å². The second-order valence-corrected chi connectivity index (χ2v) is 6.92. The molecule has 0 bridgehead atoms. The van der Waals surface area contributed by atoms with Crippen LogP contribution in [0, 0.1) is 22.0 Å². The number of nitrogens with zero attached hydrogens (tertiary/aromatic N) is 2. The van der Waals surface area contributed by atoms with Crippen molar-refractivity contribution in [2.75, 3.05) is 27.7 Å². The molecule has 26 heavy (non-hydrogen) atoms. The van der Waals surface area contributed by atoms with Crippen LogP contribution >= 0.6 is 0 Å². The van der Waals surface area contributed by atoms with Crippen molar-refractivity contribution in [2.24, 2.45) is 0 Å². The van der Waals surface area contributed by atoms with Gasteiger partial charge in [-0.3, -0.25) is 19.8 Å². The van der Waals surface area contributed by atoms with Gasteiger partial charge in [-0.15, -0.1) is 0 Å². The number of carbonyl (C=O) groups is 1.